The Bertz CT molecular complexity index is 741. The summed E-state index contributed by atoms with van der Waals surface area (Å²) in [4.78, 5) is 22.0. The first-order valence-electron chi connectivity index (χ1n) is 10.0. The SMILES string of the molecule is CCCOC(=O)c1ccc(O)cc1.CCO.COC(=O)c1ccc(O)cc1.OCC(O)CO. The molecule has 0 unspecified atom stereocenters. The Hall–Kier alpha value is -3.18. The molecule has 0 atom stereocenters. The summed E-state index contributed by atoms with van der Waals surface area (Å²) < 4.78 is 9.35. The molecular weight excluding hydrogens is 436 g/mol. The molecule has 0 radical (unpaired) electrons. The monoisotopic (exact) mass is 470 g/mol. The fraction of sp³-hybridized carbons (Fsp3) is 0.391. The predicted octanol–water partition coefficient (Wildman–Crippen LogP) is 1.47. The van der Waals surface area contributed by atoms with Crippen LogP contribution in [-0.2, 0) is 9.47 Å². The lowest BCUT2D eigenvalue weighted by Gasteiger charge is -2.02. The Morgan fingerprint density at radius 1 is 0.788 bits per heavy atom. The number of carbonyl (C=O) groups excluding carboxylic acids is 2. The average molecular weight is 471 g/mol. The van der Waals surface area contributed by atoms with Gasteiger partial charge in [-0.15, -0.1) is 0 Å². The molecule has 10 nitrogen and oxygen atoms in total. The second-order valence-electron chi connectivity index (χ2n) is 6.06. The maximum absolute atomic E-state index is 11.2. The molecule has 10 heteroatoms. The Labute approximate surface area is 193 Å². The smallest absolute Gasteiger partial charge is 0.338 e. The van der Waals surface area contributed by atoms with E-state index in [4.69, 9.17) is 35.4 Å². The van der Waals surface area contributed by atoms with Crippen molar-refractivity contribution in [1.29, 1.82) is 0 Å². The number of aliphatic hydroxyl groups is 4. The van der Waals surface area contributed by atoms with Crippen molar-refractivity contribution in [3.8, 4) is 11.5 Å². The number of aromatic hydroxyl groups is 2. The highest BCUT2D eigenvalue weighted by Crippen LogP contribution is 2.11. The predicted molar refractivity (Wildman–Crippen MR) is 121 cm³/mol. The van der Waals surface area contributed by atoms with E-state index in [1.54, 1.807) is 6.92 Å². The topological polar surface area (TPSA) is 174 Å². The van der Waals surface area contributed by atoms with Crippen molar-refractivity contribution in [3.05, 3.63) is 59.7 Å². The van der Waals surface area contributed by atoms with Gasteiger partial charge in [0.15, 0.2) is 0 Å². The summed E-state index contributed by atoms with van der Waals surface area (Å²) in [6.07, 6.45) is -0.144. The van der Waals surface area contributed by atoms with Gasteiger partial charge in [0.1, 0.15) is 17.6 Å². The molecule has 0 fully saturated rings. The number of hydrogen-bond acceptors (Lipinski definition) is 10. The van der Waals surface area contributed by atoms with Gasteiger partial charge in [0.05, 0.1) is 38.1 Å². The van der Waals surface area contributed by atoms with Crippen molar-refractivity contribution in [2.75, 3.05) is 33.5 Å². The first-order chi connectivity index (χ1) is 15.7. The minimum Gasteiger partial charge on any atom is -0.508 e. The van der Waals surface area contributed by atoms with E-state index in [0.29, 0.717) is 17.7 Å². The van der Waals surface area contributed by atoms with Gasteiger partial charge < -0.3 is 40.1 Å². The van der Waals surface area contributed by atoms with Crippen LogP contribution in [0, 0.1) is 0 Å². The van der Waals surface area contributed by atoms with Gasteiger partial charge in [-0.25, -0.2) is 9.59 Å². The molecule has 0 aliphatic carbocycles. The highest BCUT2D eigenvalue weighted by Gasteiger charge is 2.05. The minimum absolute atomic E-state index is 0.137. The van der Waals surface area contributed by atoms with E-state index in [-0.39, 0.29) is 37.3 Å². The van der Waals surface area contributed by atoms with Gasteiger partial charge in [0, 0.05) is 6.61 Å². The van der Waals surface area contributed by atoms with Crippen LogP contribution in [-0.4, -0.2) is 82.2 Å². The molecule has 33 heavy (non-hydrogen) atoms. The molecule has 2 aromatic rings. The lowest BCUT2D eigenvalue weighted by atomic mass is 10.2. The summed E-state index contributed by atoms with van der Waals surface area (Å²) >= 11 is 0. The number of hydrogen-bond donors (Lipinski definition) is 6. The Balaban J connectivity index is 0. The molecule has 0 saturated carbocycles. The zero-order chi connectivity index (χ0) is 25.6. The number of benzene rings is 2. The van der Waals surface area contributed by atoms with Crippen molar-refractivity contribution < 1.29 is 49.7 Å². The molecule has 0 saturated heterocycles. The number of methoxy groups -OCH3 is 1. The Kier molecular flexibility index (Phi) is 20.1. The quantitative estimate of drug-likeness (QED) is 0.339. The normalized spacial score (nSPS) is 9.21. The number of phenolic OH excluding ortho intramolecular Hbond substituents is 2. The number of ether oxygens (including phenoxy) is 2. The van der Waals surface area contributed by atoms with Crippen LogP contribution in [0.2, 0.25) is 0 Å². The molecule has 0 spiro atoms. The van der Waals surface area contributed by atoms with Crippen molar-refractivity contribution >= 4 is 11.9 Å². The largest absolute Gasteiger partial charge is 0.508 e. The minimum atomic E-state index is -0.954. The van der Waals surface area contributed by atoms with Crippen LogP contribution in [0.15, 0.2) is 48.5 Å². The standard InChI is InChI=1S/C10H12O3.C8H8O3.C3H8O3.C2H6O/c1-2-7-13-10(12)8-3-5-9(11)6-4-8;1-11-8(10)6-2-4-7(9)5-3-6;4-1-3(6)2-5;1-2-3/h3-6,11H,2,7H2,1H3;2-5,9H,1H3;3-6H,1-2H2;3H,2H2,1H3. The summed E-state index contributed by atoms with van der Waals surface area (Å²) in [6.45, 7) is 3.57. The van der Waals surface area contributed by atoms with Crippen molar-refractivity contribution in [3.63, 3.8) is 0 Å². The van der Waals surface area contributed by atoms with Gasteiger partial charge in [-0.3, -0.25) is 0 Å². The third kappa shape index (κ3) is 17.1. The third-order valence-electron chi connectivity index (χ3n) is 3.25. The zero-order valence-corrected chi connectivity index (χ0v) is 19.0. The van der Waals surface area contributed by atoms with Gasteiger partial charge in [0.2, 0.25) is 0 Å². The number of carbonyl (C=O) groups is 2. The zero-order valence-electron chi connectivity index (χ0n) is 19.0. The van der Waals surface area contributed by atoms with E-state index in [0.717, 1.165) is 6.42 Å². The van der Waals surface area contributed by atoms with E-state index in [9.17, 15) is 9.59 Å². The maximum Gasteiger partial charge on any atom is 0.338 e. The first-order valence-corrected chi connectivity index (χ1v) is 10.0. The van der Waals surface area contributed by atoms with Crippen molar-refractivity contribution in [1.82, 2.24) is 0 Å². The molecule has 0 aliphatic rings. The van der Waals surface area contributed by atoms with E-state index < -0.39 is 12.1 Å². The molecule has 6 N–H and O–H groups in total. The van der Waals surface area contributed by atoms with Gasteiger partial charge in [-0.05, 0) is 61.9 Å². The summed E-state index contributed by atoms with van der Waals surface area (Å²) in [7, 11) is 1.31. The van der Waals surface area contributed by atoms with Crippen LogP contribution < -0.4 is 0 Å². The number of esters is 2. The number of rotatable bonds is 6. The summed E-state index contributed by atoms with van der Waals surface area (Å²) in [6, 6.07) is 11.9. The van der Waals surface area contributed by atoms with Crippen LogP contribution in [0.3, 0.4) is 0 Å². The highest BCUT2D eigenvalue weighted by molar-refractivity contribution is 5.89. The lowest BCUT2D eigenvalue weighted by molar-refractivity contribution is 0.0450. The van der Waals surface area contributed by atoms with Gasteiger partial charge >= 0.3 is 11.9 Å². The molecule has 2 aromatic carbocycles. The molecule has 0 aromatic heterocycles. The second kappa shape index (κ2) is 20.7. The summed E-state index contributed by atoms with van der Waals surface area (Å²) in [5.74, 6) is -0.462. The fourth-order valence-corrected chi connectivity index (χ4v) is 1.65. The second-order valence-corrected chi connectivity index (χ2v) is 6.06. The van der Waals surface area contributed by atoms with Crippen LogP contribution in [0.25, 0.3) is 0 Å². The molecule has 0 amide bonds. The molecule has 2 rings (SSSR count). The molecule has 0 bridgehead atoms. The molecular formula is C23H34O10. The molecule has 0 aliphatic heterocycles. The van der Waals surface area contributed by atoms with Crippen molar-refractivity contribution in [2.45, 2.75) is 26.4 Å². The summed E-state index contributed by atoms with van der Waals surface area (Å²) in [5, 5.41) is 49.4. The van der Waals surface area contributed by atoms with Gasteiger partial charge in [-0.2, -0.15) is 0 Å². The Morgan fingerprint density at radius 2 is 1.15 bits per heavy atom. The fourth-order valence-electron chi connectivity index (χ4n) is 1.65. The molecule has 0 heterocycles. The van der Waals surface area contributed by atoms with E-state index in [1.165, 1.54) is 55.6 Å². The van der Waals surface area contributed by atoms with Gasteiger partial charge in [-0.1, -0.05) is 6.92 Å². The first kappa shape index (κ1) is 32.0. The van der Waals surface area contributed by atoms with Crippen LogP contribution >= 0.6 is 0 Å². The van der Waals surface area contributed by atoms with E-state index in [1.807, 2.05) is 6.92 Å². The third-order valence-corrected chi connectivity index (χ3v) is 3.25. The average Bonchev–Trinajstić information content (AvgIpc) is 2.83. The van der Waals surface area contributed by atoms with Crippen LogP contribution in [0.1, 0.15) is 41.0 Å². The maximum atomic E-state index is 11.2. The number of aliphatic hydroxyl groups excluding tert-OH is 4. The van der Waals surface area contributed by atoms with Crippen molar-refractivity contribution in [2.24, 2.45) is 0 Å². The van der Waals surface area contributed by atoms with E-state index >= 15 is 0 Å². The summed E-state index contributed by atoms with van der Waals surface area (Å²) in [5.41, 5.74) is 0.900. The molecule has 186 valence electrons. The van der Waals surface area contributed by atoms with Crippen LogP contribution in [0.4, 0.5) is 0 Å². The highest BCUT2D eigenvalue weighted by atomic mass is 16.5. The Morgan fingerprint density at radius 3 is 1.42 bits per heavy atom. The van der Waals surface area contributed by atoms with E-state index in [2.05, 4.69) is 4.74 Å². The lowest BCUT2D eigenvalue weighted by Crippen LogP contribution is -2.15. The van der Waals surface area contributed by atoms with Crippen LogP contribution in [0.5, 0.6) is 11.5 Å². The number of phenols is 2. The van der Waals surface area contributed by atoms with Gasteiger partial charge in [0.25, 0.3) is 0 Å².